The SMILES string of the molecule is O.[O-2].[O-2].[Ti+4]. The van der Waals surface area contributed by atoms with Crippen LogP contribution in [-0.2, 0) is 32.7 Å². The molecule has 0 spiro atoms. The molecule has 3 nitrogen and oxygen atoms in total. The Hall–Kier alpha value is 0.594. The fraction of sp³-hybridized carbons (Fsp3) is 0. The summed E-state index contributed by atoms with van der Waals surface area (Å²) in [5, 5.41) is 0. The van der Waals surface area contributed by atoms with Gasteiger partial charge in [-0.15, -0.1) is 0 Å². The number of hydrogen-bond acceptors (Lipinski definition) is 0. The molecule has 0 aliphatic heterocycles. The molecule has 0 aromatic heterocycles. The fourth-order valence-corrected chi connectivity index (χ4v) is 0. The molecule has 0 saturated carbocycles. The van der Waals surface area contributed by atoms with Gasteiger partial charge in [-0.25, -0.2) is 0 Å². The van der Waals surface area contributed by atoms with Crippen LogP contribution in [0.4, 0.5) is 0 Å². The van der Waals surface area contributed by atoms with E-state index in [0.29, 0.717) is 0 Å². The molecule has 4 heavy (non-hydrogen) atoms. The zero-order valence-electron chi connectivity index (χ0n) is 1.82. The van der Waals surface area contributed by atoms with E-state index in [9.17, 15) is 0 Å². The quantitative estimate of drug-likeness (QED) is 0.345. The second kappa shape index (κ2) is 68.5. The molecule has 0 aromatic rings. The van der Waals surface area contributed by atoms with E-state index in [1.807, 2.05) is 0 Å². The third-order valence-corrected chi connectivity index (χ3v) is 0. The maximum absolute atomic E-state index is 0. The second-order valence-electron chi connectivity index (χ2n) is 0. The van der Waals surface area contributed by atoms with E-state index in [2.05, 4.69) is 0 Å². The topological polar surface area (TPSA) is 88.5 Å². The molecule has 0 heterocycles. The van der Waals surface area contributed by atoms with Crippen LogP contribution >= 0.6 is 0 Å². The van der Waals surface area contributed by atoms with Crippen LogP contribution in [0, 0.1) is 0 Å². The maximum Gasteiger partial charge on any atom is 4.00 e. The van der Waals surface area contributed by atoms with E-state index >= 15 is 0 Å². The first-order valence-corrected chi connectivity index (χ1v) is 0. The van der Waals surface area contributed by atoms with Crippen LogP contribution in [0.5, 0.6) is 0 Å². The van der Waals surface area contributed by atoms with E-state index in [0.717, 1.165) is 0 Å². The molecule has 0 amide bonds. The molecule has 0 radical (unpaired) electrons. The van der Waals surface area contributed by atoms with Crippen molar-refractivity contribution >= 4 is 0 Å². The summed E-state index contributed by atoms with van der Waals surface area (Å²) >= 11 is 0. The molecule has 2 N–H and O–H groups in total. The normalized spacial score (nSPS) is 0. The van der Waals surface area contributed by atoms with Crippen molar-refractivity contribution in [3.05, 3.63) is 0 Å². The molecule has 0 bridgehead atoms. The smallest absolute Gasteiger partial charge is 2.00 e. The van der Waals surface area contributed by atoms with Crippen molar-refractivity contribution in [3.8, 4) is 0 Å². The van der Waals surface area contributed by atoms with Crippen LogP contribution in [-0.4, -0.2) is 5.48 Å². The molecule has 24 valence electrons. The predicted octanol–water partition coefficient (Wildman–Crippen LogP) is -1.06. The molecule has 0 aromatic carbocycles. The van der Waals surface area contributed by atoms with Gasteiger partial charge in [0.05, 0.1) is 0 Å². The van der Waals surface area contributed by atoms with Gasteiger partial charge in [-0.05, 0) is 0 Å². The Kier molecular flexibility index (Phi) is 2880. The first-order chi connectivity index (χ1) is 0. The summed E-state index contributed by atoms with van der Waals surface area (Å²) in [6, 6.07) is 0. The predicted molar refractivity (Wildman–Crippen MR) is 4.99 cm³/mol. The van der Waals surface area contributed by atoms with Crippen LogP contribution in [0.2, 0.25) is 0 Å². The first kappa shape index (κ1) is 168. The summed E-state index contributed by atoms with van der Waals surface area (Å²) in [6.07, 6.45) is 0. The van der Waals surface area contributed by atoms with Gasteiger partial charge in [0.2, 0.25) is 0 Å². The molecular formula is H2O3Ti. The minimum atomic E-state index is 0. The van der Waals surface area contributed by atoms with Gasteiger partial charge in [-0.1, -0.05) is 0 Å². The van der Waals surface area contributed by atoms with Gasteiger partial charge in [0.25, 0.3) is 0 Å². The van der Waals surface area contributed by atoms with Gasteiger partial charge in [0.15, 0.2) is 0 Å². The van der Waals surface area contributed by atoms with Gasteiger partial charge < -0.3 is 16.4 Å². The summed E-state index contributed by atoms with van der Waals surface area (Å²) in [5.74, 6) is 0. The van der Waals surface area contributed by atoms with E-state index in [4.69, 9.17) is 0 Å². The molecule has 0 fully saturated rings. The molecule has 4 heteroatoms. The number of rotatable bonds is 0. The van der Waals surface area contributed by atoms with Gasteiger partial charge in [0, 0.05) is 0 Å². The molecule has 0 saturated heterocycles. The zero-order valence-corrected chi connectivity index (χ0v) is 3.38. The third kappa shape index (κ3) is 18.7. The van der Waals surface area contributed by atoms with Gasteiger partial charge in [0.1, 0.15) is 0 Å². The van der Waals surface area contributed by atoms with Crippen LogP contribution in [0.15, 0.2) is 0 Å². The largest absolute Gasteiger partial charge is 4.00 e. The Balaban J connectivity index is 0. The molecular weight excluding hydrogens is 95.9 g/mol. The Labute approximate surface area is 38.8 Å². The Morgan fingerprint density at radius 2 is 0.750 bits per heavy atom. The Bertz CT molecular complexity index is 3.25. The van der Waals surface area contributed by atoms with Gasteiger partial charge in [-0.2, -0.15) is 0 Å². The van der Waals surface area contributed by atoms with Crippen LogP contribution in [0.25, 0.3) is 0 Å². The van der Waals surface area contributed by atoms with Crippen molar-refractivity contribution in [1.82, 2.24) is 0 Å². The van der Waals surface area contributed by atoms with Gasteiger partial charge in [-0.3, -0.25) is 0 Å². The van der Waals surface area contributed by atoms with E-state index in [-0.39, 0.29) is 38.1 Å². The van der Waals surface area contributed by atoms with E-state index < -0.39 is 0 Å². The monoisotopic (exact) mass is 97.9 g/mol. The average molecular weight is 97.9 g/mol. The van der Waals surface area contributed by atoms with Crippen LogP contribution < -0.4 is 0 Å². The van der Waals surface area contributed by atoms with Crippen molar-refractivity contribution in [2.24, 2.45) is 0 Å². The van der Waals surface area contributed by atoms with Crippen LogP contribution in [0.3, 0.4) is 0 Å². The molecule has 0 aliphatic rings. The maximum atomic E-state index is 0. The first-order valence-electron chi connectivity index (χ1n) is 0. The zero-order chi connectivity index (χ0) is 0. The summed E-state index contributed by atoms with van der Waals surface area (Å²) in [4.78, 5) is 0. The summed E-state index contributed by atoms with van der Waals surface area (Å²) in [5.41, 5.74) is 0. The van der Waals surface area contributed by atoms with Crippen molar-refractivity contribution in [2.75, 3.05) is 0 Å². The average Bonchev–Trinajstić information content (AvgIpc) is 0. The molecule has 0 aliphatic carbocycles. The van der Waals surface area contributed by atoms with Gasteiger partial charge >= 0.3 is 21.7 Å². The van der Waals surface area contributed by atoms with Crippen LogP contribution in [0.1, 0.15) is 0 Å². The summed E-state index contributed by atoms with van der Waals surface area (Å²) in [6.45, 7) is 0. The van der Waals surface area contributed by atoms with E-state index in [1.54, 1.807) is 0 Å². The molecule has 0 rings (SSSR count). The second-order valence-corrected chi connectivity index (χ2v) is 0. The van der Waals surface area contributed by atoms with Crippen molar-refractivity contribution in [2.45, 2.75) is 0 Å². The van der Waals surface area contributed by atoms with Crippen molar-refractivity contribution < 1.29 is 38.1 Å². The standard InChI is InChI=1S/H2O.2O.Ti/h1H2;;;/q;2*-2;+4. The summed E-state index contributed by atoms with van der Waals surface area (Å²) in [7, 11) is 0. The molecule has 0 unspecified atom stereocenters. The van der Waals surface area contributed by atoms with Crippen molar-refractivity contribution in [1.29, 1.82) is 0 Å². The minimum absolute atomic E-state index is 0. The Morgan fingerprint density at radius 1 is 0.750 bits per heavy atom. The fourth-order valence-electron chi connectivity index (χ4n) is 0. The summed E-state index contributed by atoms with van der Waals surface area (Å²) < 4.78 is 0. The number of hydrogen-bond donors (Lipinski definition) is 0. The Morgan fingerprint density at radius 3 is 0.750 bits per heavy atom. The minimum Gasteiger partial charge on any atom is -2.00 e. The van der Waals surface area contributed by atoms with Crippen molar-refractivity contribution in [3.63, 3.8) is 0 Å². The third-order valence-electron chi connectivity index (χ3n) is 0. The molecule has 0 atom stereocenters. The van der Waals surface area contributed by atoms with E-state index in [1.165, 1.54) is 0 Å².